The van der Waals surface area contributed by atoms with Gasteiger partial charge in [-0.1, -0.05) is 13.0 Å². The van der Waals surface area contributed by atoms with E-state index >= 15 is 0 Å². The van der Waals surface area contributed by atoms with Gasteiger partial charge in [-0.05, 0) is 49.8 Å². The molecule has 0 atom stereocenters. The minimum absolute atomic E-state index is 0.0408. The Morgan fingerprint density at radius 3 is 2.72 bits per heavy atom. The lowest BCUT2D eigenvalue weighted by Gasteiger charge is -2.22. The Balaban J connectivity index is 2.12. The summed E-state index contributed by atoms with van der Waals surface area (Å²) in [4.78, 5) is 14.3. The molecule has 0 aliphatic heterocycles. The number of hydrogen-bond donors (Lipinski definition) is 1. The van der Waals surface area contributed by atoms with Gasteiger partial charge in [0.1, 0.15) is 5.75 Å². The molecule has 0 bridgehead atoms. The fourth-order valence-electron chi connectivity index (χ4n) is 2.08. The Labute approximate surface area is 108 Å². The molecule has 0 radical (unpaired) electrons. The number of aryl methyl sites for hydroxylation is 1. The number of aromatic hydroxyl groups is 1. The van der Waals surface area contributed by atoms with Crippen molar-refractivity contribution in [1.29, 1.82) is 0 Å². The minimum Gasteiger partial charge on any atom is -0.508 e. The number of carbonyl (C=O) groups is 1. The van der Waals surface area contributed by atoms with Crippen LogP contribution >= 0.6 is 0 Å². The highest BCUT2D eigenvalue weighted by molar-refractivity contribution is 5.94. The highest BCUT2D eigenvalue weighted by Gasteiger charge is 2.26. The second-order valence-electron chi connectivity index (χ2n) is 5.20. The summed E-state index contributed by atoms with van der Waals surface area (Å²) in [6, 6.07) is 5.17. The highest BCUT2D eigenvalue weighted by Crippen LogP contribution is 2.30. The molecule has 0 aromatic heterocycles. The second kappa shape index (κ2) is 5.42. The normalized spacial score (nSPS) is 14.6. The number of phenolic OH excluding ortho intramolecular Hbond substituents is 1. The van der Waals surface area contributed by atoms with E-state index in [4.69, 9.17) is 0 Å². The maximum Gasteiger partial charge on any atom is 0.253 e. The molecular formula is C15H21NO2. The van der Waals surface area contributed by atoms with E-state index in [1.54, 1.807) is 18.2 Å². The molecule has 0 unspecified atom stereocenters. The van der Waals surface area contributed by atoms with Crippen LogP contribution < -0.4 is 0 Å². The average Bonchev–Trinajstić information content (AvgIpc) is 3.15. The molecule has 1 amide bonds. The summed E-state index contributed by atoms with van der Waals surface area (Å²) in [5, 5.41) is 9.68. The van der Waals surface area contributed by atoms with Crippen molar-refractivity contribution in [3.8, 4) is 5.75 Å². The molecule has 1 aliphatic carbocycles. The van der Waals surface area contributed by atoms with Crippen molar-refractivity contribution < 1.29 is 9.90 Å². The highest BCUT2D eigenvalue weighted by atomic mass is 16.3. The Morgan fingerprint density at radius 1 is 1.44 bits per heavy atom. The van der Waals surface area contributed by atoms with E-state index in [0.717, 1.165) is 25.1 Å². The molecule has 98 valence electrons. The van der Waals surface area contributed by atoms with E-state index in [1.165, 1.54) is 12.8 Å². The molecule has 1 aromatic carbocycles. The van der Waals surface area contributed by atoms with Gasteiger partial charge < -0.3 is 10.0 Å². The van der Waals surface area contributed by atoms with Gasteiger partial charge in [0.05, 0.1) is 0 Å². The molecule has 2 rings (SSSR count). The number of phenols is 1. The summed E-state index contributed by atoms with van der Waals surface area (Å²) in [6.45, 7) is 5.57. The molecule has 18 heavy (non-hydrogen) atoms. The van der Waals surface area contributed by atoms with E-state index < -0.39 is 0 Å². The quantitative estimate of drug-likeness (QED) is 0.869. The minimum atomic E-state index is 0.0408. The van der Waals surface area contributed by atoms with Gasteiger partial charge in [0, 0.05) is 18.7 Å². The summed E-state index contributed by atoms with van der Waals surface area (Å²) in [5.41, 5.74) is 1.39. The van der Waals surface area contributed by atoms with Crippen LogP contribution in [0, 0.1) is 12.8 Å². The Morgan fingerprint density at radius 2 is 2.17 bits per heavy atom. The number of carbonyl (C=O) groups excluding carboxylic acids is 1. The third-order valence-electron chi connectivity index (χ3n) is 3.41. The predicted octanol–water partition coefficient (Wildman–Crippen LogP) is 2.96. The summed E-state index contributed by atoms with van der Waals surface area (Å²) in [6.07, 6.45) is 3.45. The molecule has 0 saturated heterocycles. The van der Waals surface area contributed by atoms with Crippen LogP contribution in [-0.4, -0.2) is 29.0 Å². The van der Waals surface area contributed by atoms with E-state index in [1.807, 2.05) is 11.8 Å². The van der Waals surface area contributed by atoms with Crippen LogP contribution in [0.4, 0.5) is 0 Å². The standard InChI is InChI=1S/C15H21NO2/c1-3-8-16(10-12-5-6-12)15(18)13-7-4-11(2)14(17)9-13/h4,7,9,12,17H,3,5-6,8,10H2,1-2H3. The molecule has 0 spiro atoms. The second-order valence-corrected chi connectivity index (χ2v) is 5.20. The van der Waals surface area contributed by atoms with Crippen molar-refractivity contribution >= 4 is 5.91 Å². The van der Waals surface area contributed by atoms with E-state index in [2.05, 4.69) is 6.92 Å². The smallest absolute Gasteiger partial charge is 0.253 e. The van der Waals surface area contributed by atoms with Crippen LogP contribution in [0.2, 0.25) is 0 Å². The lowest BCUT2D eigenvalue weighted by molar-refractivity contribution is 0.0747. The monoisotopic (exact) mass is 247 g/mol. The van der Waals surface area contributed by atoms with Gasteiger partial charge in [-0.25, -0.2) is 0 Å². The van der Waals surface area contributed by atoms with Crippen LogP contribution in [0.3, 0.4) is 0 Å². The molecular weight excluding hydrogens is 226 g/mol. The number of hydrogen-bond acceptors (Lipinski definition) is 2. The third-order valence-corrected chi connectivity index (χ3v) is 3.41. The lowest BCUT2D eigenvalue weighted by atomic mass is 10.1. The third kappa shape index (κ3) is 3.03. The molecule has 1 saturated carbocycles. The number of rotatable bonds is 5. The summed E-state index contributed by atoms with van der Waals surface area (Å²) in [5.74, 6) is 0.933. The Bertz CT molecular complexity index is 438. The first kappa shape index (κ1) is 12.9. The van der Waals surface area contributed by atoms with Gasteiger partial charge in [-0.2, -0.15) is 0 Å². The zero-order valence-corrected chi connectivity index (χ0v) is 11.1. The molecule has 3 nitrogen and oxygen atoms in total. The first-order chi connectivity index (χ1) is 8.61. The van der Waals surface area contributed by atoms with E-state index in [0.29, 0.717) is 11.5 Å². The SMILES string of the molecule is CCCN(CC1CC1)C(=O)c1ccc(C)c(O)c1. The molecule has 1 N–H and O–H groups in total. The van der Waals surface area contributed by atoms with Gasteiger partial charge in [0.2, 0.25) is 0 Å². The molecule has 1 aliphatic rings. The van der Waals surface area contributed by atoms with Crippen LogP contribution in [0.15, 0.2) is 18.2 Å². The van der Waals surface area contributed by atoms with Crippen LogP contribution in [0.5, 0.6) is 5.75 Å². The average molecular weight is 247 g/mol. The fourth-order valence-corrected chi connectivity index (χ4v) is 2.08. The van der Waals surface area contributed by atoms with E-state index in [9.17, 15) is 9.90 Å². The van der Waals surface area contributed by atoms with Crippen LogP contribution in [-0.2, 0) is 0 Å². The first-order valence-corrected chi connectivity index (χ1v) is 6.70. The van der Waals surface area contributed by atoms with Gasteiger partial charge in [0.25, 0.3) is 5.91 Å². The maximum absolute atomic E-state index is 12.4. The largest absolute Gasteiger partial charge is 0.508 e. The number of nitrogens with zero attached hydrogens (tertiary/aromatic N) is 1. The predicted molar refractivity (Wildman–Crippen MR) is 71.8 cm³/mol. The van der Waals surface area contributed by atoms with E-state index in [-0.39, 0.29) is 11.7 Å². The van der Waals surface area contributed by atoms with Crippen LogP contribution in [0.1, 0.15) is 42.1 Å². The van der Waals surface area contributed by atoms with Crippen molar-refractivity contribution in [3.05, 3.63) is 29.3 Å². The summed E-state index contributed by atoms with van der Waals surface area (Å²) < 4.78 is 0. The molecule has 1 fully saturated rings. The van der Waals surface area contributed by atoms with Crippen molar-refractivity contribution in [2.45, 2.75) is 33.1 Å². The molecule has 1 aromatic rings. The Hall–Kier alpha value is -1.51. The molecule has 3 heteroatoms. The Kier molecular flexibility index (Phi) is 3.90. The van der Waals surface area contributed by atoms with Crippen molar-refractivity contribution in [3.63, 3.8) is 0 Å². The first-order valence-electron chi connectivity index (χ1n) is 6.70. The summed E-state index contributed by atoms with van der Waals surface area (Å²) >= 11 is 0. The maximum atomic E-state index is 12.4. The zero-order valence-electron chi connectivity index (χ0n) is 11.1. The number of benzene rings is 1. The fraction of sp³-hybridized carbons (Fsp3) is 0.533. The lowest BCUT2D eigenvalue weighted by Crippen LogP contribution is -2.33. The number of amides is 1. The topological polar surface area (TPSA) is 40.5 Å². The van der Waals surface area contributed by atoms with Crippen molar-refractivity contribution in [2.75, 3.05) is 13.1 Å². The van der Waals surface area contributed by atoms with Crippen molar-refractivity contribution in [1.82, 2.24) is 4.90 Å². The zero-order chi connectivity index (χ0) is 13.1. The van der Waals surface area contributed by atoms with Crippen molar-refractivity contribution in [2.24, 2.45) is 5.92 Å². The van der Waals surface area contributed by atoms with Crippen LogP contribution in [0.25, 0.3) is 0 Å². The van der Waals surface area contributed by atoms with Gasteiger partial charge in [0.15, 0.2) is 0 Å². The van der Waals surface area contributed by atoms with Gasteiger partial charge >= 0.3 is 0 Å². The summed E-state index contributed by atoms with van der Waals surface area (Å²) in [7, 11) is 0. The van der Waals surface area contributed by atoms with Gasteiger partial charge in [-0.3, -0.25) is 4.79 Å². The molecule has 0 heterocycles. The van der Waals surface area contributed by atoms with Gasteiger partial charge in [-0.15, -0.1) is 0 Å².